The van der Waals surface area contributed by atoms with E-state index in [1.807, 2.05) is 0 Å². The summed E-state index contributed by atoms with van der Waals surface area (Å²) in [6, 6.07) is 0.748. The van der Waals surface area contributed by atoms with Gasteiger partial charge < -0.3 is 10.2 Å². The Hall–Kier alpha value is -0.680. The van der Waals surface area contributed by atoms with Crippen LogP contribution in [0.15, 0.2) is 0 Å². The summed E-state index contributed by atoms with van der Waals surface area (Å²) < 4.78 is 4.46. The first-order chi connectivity index (χ1) is 8.86. The third-order valence-corrected chi connectivity index (χ3v) is 4.91. The minimum Gasteiger partial charge on any atom is -0.346 e. The van der Waals surface area contributed by atoms with Gasteiger partial charge >= 0.3 is 0 Å². The fourth-order valence-electron chi connectivity index (χ4n) is 3.12. The van der Waals surface area contributed by atoms with Crippen molar-refractivity contribution >= 4 is 16.7 Å². The summed E-state index contributed by atoms with van der Waals surface area (Å²) in [4.78, 5) is 7.12. The molecule has 2 saturated heterocycles. The molecule has 2 fully saturated rings. The van der Waals surface area contributed by atoms with E-state index in [1.165, 1.54) is 32.4 Å². The molecule has 2 unspecified atom stereocenters. The summed E-state index contributed by atoms with van der Waals surface area (Å²) in [6.45, 7) is 5.69. The molecule has 2 aliphatic heterocycles. The van der Waals surface area contributed by atoms with Gasteiger partial charge in [0.15, 0.2) is 0 Å². The van der Waals surface area contributed by atoms with Crippen molar-refractivity contribution in [3.05, 3.63) is 5.82 Å². The van der Waals surface area contributed by atoms with Crippen molar-refractivity contribution in [3.8, 4) is 0 Å². The molecule has 2 aliphatic rings. The number of fused-ring (bicyclic) bond motifs is 1. The van der Waals surface area contributed by atoms with Crippen LogP contribution in [0.1, 0.15) is 38.4 Å². The molecule has 18 heavy (non-hydrogen) atoms. The van der Waals surface area contributed by atoms with E-state index < -0.39 is 0 Å². The second-order valence-corrected chi connectivity index (χ2v) is 6.17. The average molecular weight is 266 g/mol. The molecule has 1 aromatic rings. The molecule has 1 N–H and O–H groups in total. The average Bonchev–Trinajstić information content (AvgIpc) is 2.87. The number of piperidine rings is 2. The molecule has 2 atom stereocenters. The molecule has 0 aromatic carbocycles. The maximum absolute atomic E-state index is 4.67. The first-order valence-electron chi connectivity index (χ1n) is 7.17. The highest BCUT2D eigenvalue weighted by molar-refractivity contribution is 7.09. The molecule has 3 rings (SSSR count). The van der Waals surface area contributed by atoms with Gasteiger partial charge in [-0.1, -0.05) is 6.92 Å². The number of aromatic nitrogens is 2. The maximum Gasteiger partial charge on any atom is 0.205 e. The second kappa shape index (κ2) is 5.53. The van der Waals surface area contributed by atoms with Crippen molar-refractivity contribution < 1.29 is 0 Å². The largest absolute Gasteiger partial charge is 0.346 e. The molecule has 0 aliphatic carbocycles. The Labute approximate surface area is 113 Å². The molecule has 0 saturated carbocycles. The molecule has 0 amide bonds. The summed E-state index contributed by atoms with van der Waals surface area (Å²) in [6.07, 6.45) is 6.09. The molecule has 3 heterocycles. The number of anilines is 1. The lowest BCUT2D eigenvalue weighted by atomic mass is 9.86. The van der Waals surface area contributed by atoms with E-state index in [-0.39, 0.29) is 0 Å². The van der Waals surface area contributed by atoms with Crippen LogP contribution in [0.3, 0.4) is 0 Å². The van der Waals surface area contributed by atoms with E-state index in [4.69, 9.17) is 0 Å². The first-order valence-corrected chi connectivity index (χ1v) is 7.95. The van der Waals surface area contributed by atoms with E-state index >= 15 is 0 Å². The Bertz CT molecular complexity index is 392. The van der Waals surface area contributed by atoms with Crippen LogP contribution < -0.4 is 10.2 Å². The van der Waals surface area contributed by atoms with Gasteiger partial charge in [0.2, 0.25) is 5.13 Å². The molecular weight excluding hydrogens is 244 g/mol. The molecule has 1 aromatic heterocycles. The number of aryl methyl sites for hydroxylation is 1. The van der Waals surface area contributed by atoms with Crippen LogP contribution in [0.2, 0.25) is 0 Å². The third-order valence-electron chi connectivity index (χ3n) is 4.09. The number of rotatable bonds is 3. The van der Waals surface area contributed by atoms with Gasteiger partial charge in [-0.15, -0.1) is 0 Å². The van der Waals surface area contributed by atoms with Crippen LogP contribution in [-0.4, -0.2) is 35.0 Å². The van der Waals surface area contributed by atoms with E-state index in [0.717, 1.165) is 42.3 Å². The maximum atomic E-state index is 4.67. The standard InChI is InChI=1S/C13H22N4S/c1-2-4-12-15-13(18-16-12)17-8-6-11-10(9-17)5-3-7-14-11/h10-11,14H,2-9H2,1H3. The van der Waals surface area contributed by atoms with Crippen LogP contribution in [0, 0.1) is 5.92 Å². The van der Waals surface area contributed by atoms with Gasteiger partial charge in [0.1, 0.15) is 5.82 Å². The highest BCUT2D eigenvalue weighted by Gasteiger charge is 2.31. The van der Waals surface area contributed by atoms with E-state index in [9.17, 15) is 0 Å². The molecule has 0 bridgehead atoms. The van der Waals surface area contributed by atoms with Crippen molar-refractivity contribution in [2.45, 2.75) is 45.1 Å². The molecular formula is C13H22N4S. The van der Waals surface area contributed by atoms with E-state index in [0.29, 0.717) is 0 Å². The van der Waals surface area contributed by atoms with Crippen molar-refractivity contribution in [3.63, 3.8) is 0 Å². The topological polar surface area (TPSA) is 41.1 Å². The Morgan fingerprint density at radius 2 is 2.39 bits per heavy atom. The Morgan fingerprint density at radius 1 is 1.44 bits per heavy atom. The fourth-order valence-corrected chi connectivity index (χ4v) is 3.86. The summed E-state index contributed by atoms with van der Waals surface area (Å²) in [5.41, 5.74) is 0. The number of hydrogen-bond donors (Lipinski definition) is 1. The quantitative estimate of drug-likeness (QED) is 0.909. The molecule has 0 spiro atoms. The first kappa shape index (κ1) is 12.4. The minimum absolute atomic E-state index is 0.748. The molecule has 4 nitrogen and oxygen atoms in total. The lowest BCUT2D eigenvalue weighted by molar-refractivity contribution is 0.244. The Kier molecular flexibility index (Phi) is 3.80. The van der Waals surface area contributed by atoms with Gasteiger partial charge in [-0.2, -0.15) is 4.37 Å². The van der Waals surface area contributed by atoms with Gasteiger partial charge in [-0.25, -0.2) is 4.98 Å². The van der Waals surface area contributed by atoms with Gasteiger partial charge in [-0.05, 0) is 38.1 Å². The van der Waals surface area contributed by atoms with Gasteiger partial charge in [-0.3, -0.25) is 0 Å². The van der Waals surface area contributed by atoms with Crippen LogP contribution >= 0.6 is 11.5 Å². The van der Waals surface area contributed by atoms with Gasteiger partial charge in [0, 0.05) is 37.1 Å². The van der Waals surface area contributed by atoms with Crippen LogP contribution in [0.4, 0.5) is 5.13 Å². The van der Waals surface area contributed by atoms with Crippen molar-refractivity contribution in [1.82, 2.24) is 14.7 Å². The van der Waals surface area contributed by atoms with Crippen molar-refractivity contribution in [2.24, 2.45) is 5.92 Å². The summed E-state index contributed by atoms with van der Waals surface area (Å²) in [5.74, 6) is 1.84. The monoisotopic (exact) mass is 266 g/mol. The molecule has 100 valence electrons. The number of nitrogens with zero attached hydrogens (tertiary/aromatic N) is 3. The predicted octanol–water partition coefficient (Wildman–Crippen LogP) is 2.07. The van der Waals surface area contributed by atoms with E-state index in [1.54, 1.807) is 11.5 Å². The predicted molar refractivity (Wildman–Crippen MR) is 75.2 cm³/mol. The lowest BCUT2D eigenvalue weighted by Crippen LogP contribution is -2.52. The highest BCUT2D eigenvalue weighted by Crippen LogP contribution is 2.29. The molecule has 0 radical (unpaired) electrons. The lowest BCUT2D eigenvalue weighted by Gasteiger charge is -2.41. The Balaban J connectivity index is 1.65. The Morgan fingerprint density at radius 3 is 3.28 bits per heavy atom. The van der Waals surface area contributed by atoms with Crippen LogP contribution in [0.5, 0.6) is 0 Å². The zero-order valence-corrected chi connectivity index (χ0v) is 11.9. The van der Waals surface area contributed by atoms with Crippen molar-refractivity contribution in [2.75, 3.05) is 24.5 Å². The van der Waals surface area contributed by atoms with E-state index in [2.05, 4.69) is 26.5 Å². The van der Waals surface area contributed by atoms with Gasteiger partial charge in [0.25, 0.3) is 0 Å². The third kappa shape index (κ3) is 2.52. The minimum atomic E-state index is 0.748. The van der Waals surface area contributed by atoms with Crippen molar-refractivity contribution in [1.29, 1.82) is 0 Å². The summed E-state index contributed by atoms with van der Waals surface area (Å²) in [7, 11) is 0. The summed E-state index contributed by atoms with van der Waals surface area (Å²) >= 11 is 1.58. The van der Waals surface area contributed by atoms with Crippen LogP contribution in [0.25, 0.3) is 0 Å². The van der Waals surface area contributed by atoms with Gasteiger partial charge in [0.05, 0.1) is 0 Å². The highest BCUT2D eigenvalue weighted by atomic mass is 32.1. The number of hydrogen-bond acceptors (Lipinski definition) is 5. The number of nitrogens with one attached hydrogen (secondary N) is 1. The normalized spacial score (nSPS) is 28.2. The summed E-state index contributed by atoms with van der Waals surface area (Å²) in [5, 5.41) is 4.80. The fraction of sp³-hybridized carbons (Fsp3) is 0.846. The smallest absolute Gasteiger partial charge is 0.205 e. The molecule has 5 heteroatoms. The SMILES string of the molecule is CCCc1nsc(N2CCC3NCCCC3C2)n1. The zero-order valence-electron chi connectivity index (χ0n) is 11.1. The van der Waals surface area contributed by atoms with Crippen LogP contribution in [-0.2, 0) is 6.42 Å². The second-order valence-electron chi connectivity index (χ2n) is 5.44. The zero-order chi connectivity index (χ0) is 12.4.